The maximum absolute atomic E-state index is 11.4. The van der Waals surface area contributed by atoms with Crippen molar-refractivity contribution in [3.05, 3.63) is 23.2 Å². The number of halogens is 1. The number of carbonyl (C=O) groups excluding carboxylic acids is 2. The van der Waals surface area contributed by atoms with E-state index in [-0.39, 0.29) is 18.4 Å². The van der Waals surface area contributed by atoms with E-state index in [4.69, 9.17) is 11.6 Å². The highest BCUT2D eigenvalue weighted by molar-refractivity contribution is 6.31. The molecule has 0 saturated heterocycles. The molecule has 0 aliphatic rings. The fourth-order valence-electron chi connectivity index (χ4n) is 1.27. The van der Waals surface area contributed by atoms with Crippen LogP contribution in [0, 0.1) is 0 Å². The lowest BCUT2D eigenvalue weighted by Crippen LogP contribution is -2.25. The zero-order valence-corrected chi connectivity index (χ0v) is 10.4. The Balaban J connectivity index is 2.90. The van der Waals surface area contributed by atoms with E-state index in [2.05, 4.69) is 16.0 Å². The van der Waals surface area contributed by atoms with Crippen molar-refractivity contribution in [2.45, 2.75) is 6.92 Å². The van der Waals surface area contributed by atoms with Crippen LogP contribution < -0.4 is 16.0 Å². The molecule has 0 heterocycles. The monoisotopic (exact) mass is 255 g/mol. The third kappa shape index (κ3) is 4.42. The number of amides is 2. The fourth-order valence-corrected chi connectivity index (χ4v) is 1.45. The minimum atomic E-state index is -0.212. The van der Waals surface area contributed by atoms with Gasteiger partial charge in [0.1, 0.15) is 0 Å². The van der Waals surface area contributed by atoms with Gasteiger partial charge in [-0.05, 0) is 25.2 Å². The van der Waals surface area contributed by atoms with Gasteiger partial charge in [-0.3, -0.25) is 9.59 Å². The van der Waals surface area contributed by atoms with Crippen molar-refractivity contribution in [1.82, 2.24) is 5.32 Å². The van der Waals surface area contributed by atoms with Crippen LogP contribution in [-0.4, -0.2) is 25.4 Å². The van der Waals surface area contributed by atoms with Gasteiger partial charge in [0.15, 0.2) is 0 Å². The summed E-state index contributed by atoms with van der Waals surface area (Å²) >= 11 is 5.83. The van der Waals surface area contributed by atoms with Crippen molar-refractivity contribution in [1.29, 1.82) is 0 Å². The van der Waals surface area contributed by atoms with Gasteiger partial charge in [0.05, 0.1) is 17.9 Å². The van der Waals surface area contributed by atoms with Gasteiger partial charge in [-0.15, -0.1) is 0 Å². The molecular weight excluding hydrogens is 242 g/mol. The Morgan fingerprint density at radius 1 is 1.24 bits per heavy atom. The highest BCUT2D eigenvalue weighted by Crippen LogP contribution is 2.25. The largest absolute Gasteiger partial charge is 0.325 e. The van der Waals surface area contributed by atoms with Crippen LogP contribution in [0.25, 0.3) is 0 Å². The van der Waals surface area contributed by atoms with E-state index < -0.39 is 0 Å². The van der Waals surface area contributed by atoms with Crippen LogP contribution in [0.2, 0.25) is 5.02 Å². The molecule has 3 N–H and O–H groups in total. The first kappa shape index (κ1) is 13.5. The van der Waals surface area contributed by atoms with Gasteiger partial charge in [0.2, 0.25) is 11.8 Å². The quantitative estimate of drug-likeness (QED) is 0.763. The Kier molecular flexibility index (Phi) is 4.93. The SMILES string of the molecule is CNCC(=O)Nc1cc(Cl)ccc1NC(C)=O. The number of anilines is 2. The van der Waals surface area contributed by atoms with E-state index >= 15 is 0 Å². The van der Waals surface area contributed by atoms with E-state index in [9.17, 15) is 9.59 Å². The van der Waals surface area contributed by atoms with E-state index in [1.54, 1.807) is 25.2 Å². The molecule has 0 saturated carbocycles. The Morgan fingerprint density at radius 3 is 2.53 bits per heavy atom. The Bertz CT molecular complexity index is 435. The second-order valence-electron chi connectivity index (χ2n) is 3.45. The maximum atomic E-state index is 11.4. The van der Waals surface area contributed by atoms with Crippen LogP contribution in [0.1, 0.15) is 6.92 Å². The van der Waals surface area contributed by atoms with E-state index in [1.165, 1.54) is 6.92 Å². The van der Waals surface area contributed by atoms with Crippen molar-refractivity contribution in [2.75, 3.05) is 24.2 Å². The standard InChI is InChI=1S/C11H14ClN3O2/c1-7(16)14-9-4-3-8(12)5-10(9)15-11(17)6-13-2/h3-5,13H,6H2,1-2H3,(H,14,16)(H,15,17). The topological polar surface area (TPSA) is 70.2 Å². The van der Waals surface area contributed by atoms with Gasteiger partial charge in [-0.2, -0.15) is 0 Å². The zero-order chi connectivity index (χ0) is 12.8. The molecule has 0 aliphatic carbocycles. The van der Waals surface area contributed by atoms with Crippen LogP contribution in [0.15, 0.2) is 18.2 Å². The minimum absolute atomic E-state index is 0.187. The van der Waals surface area contributed by atoms with Gasteiger partial charge >= 0.3 is 0 Å². The van der Waals surface area contributed by atoms with Crippen molar-refractivity contribution in [3.8, 4) is 0 Å². The zero-order valence-electron chi connectivity index (χ0n) is 9.63. The number of hydrogen-bond donors (Lipinski definition) is 3. The lowest BCUT2D eigenvalue weighted by Gasteiger charge is -2.11. The molecule has 0 unspecified atom stereocenters. The highest BCUT2D eigenvalue weighted by Gasteiger charge is 2.08. The number of likely N-dealkylation sites (N-methyl/N-ethyl adjacent to an activating group) is 1. The van der Waals surface area contributed by atoms with Crippen LogP contribution >= 0.6 is 11.6 Å². The Hall–Kier alpha value is -1.59. The molecule has 0 radical (unpaired) electrons. The summed E-state index contributed by atoms with van der Waals surface area (Å²) in [6.07, 6.45) is 0. The third-order valence-electron chi connectivity index (χ3n) is 1.90. The molecule has 0 aromatic heterocycles. The second kappa shape index (κ2) is 6.22. The van der Waals surface area contributed by atoms with E-state index in [1.807, 2.05) is 0 Å². The van der Waals surface area contributed by atoms with Gasteiger partial charge in [-0.1, -0.05) is 11.6 Å². The molecule has 0 bridgehead atoms. The van der Waals surface area contributed by atoms with Crippen molar-refractivity contribution >= 4 is 34.8 Å². The summed E-state index contributed by atoms with van der Waals surface area (Å²) in [5.41, 5.74) is 0.999. The van der Waals surface area contributed by atoms with Gasteiger partial charge in [-0.25, -0.2) is 0 Å². The summed E-state index contributed by atoms with van der Waals surface area (Å²) in [5, 5.41) is 8.49. The summed E-state index contributed by atoms with van der Waals surface area (Å²) in [6, 6.07) is 4.86. The molecular formula is C11H14ClN3O2. The summed E-state index contributed by atoms with van der Waals surface area (Å²) in [7, 11) is 1.67. The van der Waals surface area contributed by atoms with Gasteiger partial charge in [0, 0.05) is 11.9 Å². The first-order chi connectivity index (χ1) is 8.02. The highest BCUT2D eigenvalue weighted by atomic mass is 35.5. The molecule has 1 aromatic carbocycles. The average Bonchev–Trinajstić information content (AvgIpc) is 2.22. The van der Waals surface area contributed by atoms with Crippen LogP contribution in [0.5, 0.6) is 0 Å². The fraction of sp³-hybridized carbons (Fsp3) is 0.273. The summed E-state index contributed by atoms with van der Waals surface area (Å²) in [6.45, 7) is 1.58. The molecule has 0 spiro atoms. The van der Waals surface area contributed by atoms with Crippen LogP contribution in [-0.2, 0) is 9.59 Å². The number of nitrogens with one attached hydrogen (secondary N) is 3. The van der Waals surface area contributed by atoms with Crippen molar-refractivity contribution in [2.24, 2.45) is 0 Å². The number of rotatable bonds is 4. The predicted molar refractivity (Wildman–Crippen MR) is 68.3 cm³/mol. The molecule has 0 aliphatic heterocycles. The maximum Gasteiger partial charge on any atom is 0.238 e. The van der Waals surface area contributed by atoms with Crippen LogP contribution in [0.4, 0.5) is 11.4 Å². The van der Waals surface area contributed by atoms with E-state index in [0.717, 1.165) is 0 Å². The Morgan fingerprint density at radius 2 is 1.94 bits per heavy atom. The lowest BCUT2D eigenvalue weighted by molar-refractivity contribution is -0.115. The third-order valence-corrected chi connectivity index (χ3v) is 2.14. The van der Waals surface area contributed by atoms with E-state index in [0.29, 0.717) is 16.4 Å². The molecule has 1 rings (SSSR count). The normalized spacial score (nSPS) is 9.82. The predicted octanol–water partition coefficient (Wildman–Crippen LogP) is 1.46. The molecule has 1 aromatic rings. The second-order valence-corrected chi connectivity index (χ2v) is 3.89. The summed E-state index contributed by atoms with van der Waals surface area (Å²) in [5.74, 6) is -0.419. The molecule has 5 nitrogen and oxygen atoms in total. The van der Waals surface area contributed by atoms with Crippen molar-refractivity contribution in [3.63, 3.8) is 0 Å². The first-order valence-corrected chi connectivity index (χ1v) is 5.42. The molecule has 2 amide bonds. The average molecular weight is 256 g/mol. The summed E-state index contributed by atoms with van der Waals surface area (Å²) in [4.78, 5) is 22.4. The van der Waals surface area contributed by atoms with Crippen molar-refractivity contribution < 1.29 is 9.59 Å². The Labute approximate surface area is 105 Å². The number of carbonyl (C=O) groups is 2. The molecule has 92 valence electrons. The molecule has 17 heavy (non-hydrogen) atoms. The minimum Gasteiger partial charge on any atom is -0.325 e. The number of hydrogen-bond acceptors (Lipinski definition) is 3. The summed E-state index contributed by atoms with van der Waals surface area (Å²) < 4.78 is 0. The molecule has 0 fully saturated rings. The van der Waals surface area contributed by atoms with Crippen LogP contribution in [0.3, 0.4) is 0 Å². The molecule has 6 heteroatoms. The first-order valence-electron chi connectivity index (χ1n) is 5.04. The number of benzene rings is 1. The molecule has 0 atom stereocenters. The smallest absolute Gasteiger partial charge is 0.238 e. The van der Waals surface area contributed by atoms with Gasteiger partial charge in [0.25, 0.3) is 0 Å². The van der Waals surface area contributed by atoms with Gasteiger partial charge < -0.3 is 16.0 Å². The lowest BCUT2D eigenvalue weighted by atomic mass is 10.2.